The normalized spacial score (nSPS) is 14.1. The van der Waals surface area contributed by atoms with Crippen LogP contribution in [-0.4, -0.2) is 27.8 Å². The van der Waals surface area contributed by atoms with Gasteiger partial charge in [-0.05, 0) is 61.6 Å². The number of aromatic nitrogens is 2. The smallest absolute Gasteiger partial charge is 0.405 e. The van der Waals surface area contributed by atoms with E-state index in [4.69, 9.17) is 19.0 Å². The molecule has 0 spiro atoms. The fourth-order valence-corrected chi connectivity index (χ4v) is 3.42. The van der Waals surface area contributed by atoms with E-state index >= 15 is 0 Å². The maximum absolute atomic E-state index is 10.9. The van der Waals surface area contributed by atoms with Crippen molar-refractivity contribution in [3.63, 3.8) is 0 Å². The molecule has 168 valence electrons. The number of nitrogens with zero attached hydrogens (tertiary/aromatic N) is 2. The van der Waals surface area contributed by atoms with E-state index in [0.29, 0.717) is 40.1 Å². The molecule has 2 heterocycles. The Kier molecular flexibility index (Phi) is 5.56. The molecular formula is C25H23N3O5. The highest BCUT2D eigenvalue weighted by molar-refractivity contribution is 5.77. The monoisotopic (exact) mass is 445 g/mol. The van der Waals surface area contributed by atoms with E-state index < -0.39 is 6.09 Å². The van der Waals surface area contributed by atoms with E-state index in [1.165, 1.54) is 12.8 Å². The van der Waals surface area contributed by atoms with Crippen LogP contribution in [0.25, 0.3) is 22.6 Å². The first-order valence-corrected chi connectivity index (χ1v) is 10.8. The van der Waals surface area contributed by atoms with Gasteiger partial charge in [-0.25, -0.2) is 14.8 Å². The molecule has 0 saturated heterocycles. The minimum absolute atomic E-state index is 0.365. The highest BCUT2D eigenvalue weighted by atomic mass is 16.5. The number of nitrogens with one attached hydrogen (secondary N) is 1. The van der Waals surface area contributed by atoms with Gasteiger partial charge in [0.1, 0.15) is 17.0 Å². The van der Waals surface area contributed by atoms with Crippen molar-refractivity contribution in [2.75, 3.05) is 6.61 Å². The molecule has 33 heavy (non-hydrogen) atoms. The largest absolute Gasteiger partial charge is 0.493 e. The van der Waals surface area contributed by atoms with Crippen LogP contribution >= 0.6 is 0 Å². The van der Waals surface area contributed by atoms with Gasteiger partial charge in [-0.3, -0.25) is 0 Å². The van der Waals surface area contributed by atoms with Crippen LogP contribution in [0.15, 0.2) is 65.2 Å². The number of benzene rings is 2. The third-order valence-corrected chi connectivity index (χ3v) is 5.45. The molecule has 0 radical (unpaired) electrons. The zero-order valence-corrected chi connectivity index (χ0v) is 18.0. The molecule has 1 aliphatic rings. The molecular weight excluding hydrogens is 422 g/mol. The molecule has 2 aromatic carbocycles. The van der Waals surface area contributed by atoms with E-state index in [2.05, 4.69) is 15.3 Å². The molecule has 1 atom stereocenters. The Morgan fingerprint density at radius 1 is 1.18 bits per heavy atom. The quantitative estimate of drug-likeness (QED) is 0.353. The Bertz CT molecular complexity index is 1280. The van der Waals surface area contributed by atoms with Gasteiger partial charge in [0.15, 0.2) is 5.58 Å². The van der Waals surface area contributed by atoms with Gasteiger partial charge in [0.05, 0.1) is 18.2 Å². The lowest BCUT2D eigenvalue weighted by atomic mass is 10.1. The lowest BCUT2D eigenvalue weighted by molar-refractivity contribution is 0.191. The first kappa shape index (κ1) is 20.8. The summed E-state index contributed by atoms with van der Waals surface area (Å²) in [7, 11) is 0. The van der Waals surface area contributed by atoms with Crippen LogP contribution < -0.4 is 14.8 Å². The van der Waals surface area contributed by atoms with E-state index in [0.717, 1.165) is 17.9 Å². The number of ether oxygens (including phenoxy) is 2. The maximum Gasteiger partial charge on any atom is 0.405 e. The Hall–Kier alpha value is -4.07. The lowest BCUT2D eigenvalue weighted by Crippen LogP contribution is -2.24. The third-order valence-electron chi connectivity index (χ3n) is 5.45. The number of carboxylic acid groups (broad SMARTS) is 1. The average Bonchev–Trinajstić information content (AvgIpc) is 3.54. The highest BCUT2D eigenvalue weighted by Gasteiger charge is 2.22. The molecule has 2 aromatic heterocycles. The molecule has 1 fully saturated rings. The predicted octanol–water partition coefficient (Wildman–Crippen LogP) is 5.80. The number of rotatable bonds is 8. The number of pyridine rings is 1. The fourth-order valence-electron chi connectivity index (χ4n) is 3.42. The minimum Gasteiger partial charge on any atom is -0.493 e. The molecule has 1 aliphatic carbocycles. The van der Waals surface area contributed by atoms with E-state index in [9.17, 15) is 4.79 Å². The van der Waals surface area contributed by atoms with Crippen LogP contribution in [-0.2, 0) is 0 Å². The van der Waals surface area contributed by atoms with Crippen LogP contribution in [0, 0.1) is 5.92 Å². The van der Waals surface area contributed by atoms with Crippen molar-refractivity contribution in [3.05, 3.63) is 66.4 Å². The summed E-state index contributed by atoms with van der Waals surface area (Å²) in [4.78, 5) is 19.8. The maximum atomic E-state index is 10.9. The Labute approximate surface area is 190 Å². The highest BCUT2D eigenvalue weighted by Crippen LogP contribution is 2.31. The Morgan fingerprint density at radius 2 is 2.03 bits per heavy atom. The van der Waals surface area contributed by atoms with Crippen molar-refractivity contribution < 1.29 is 23.8 Å². The molecule has 1 unspecified atom stereocenters. The van der Waals surface area contributed by atoms with Gasteiger partial charge >= 0.3 is 6.09 Å². The van der Waals surface area contributed by atoms with Crippen molar-refractivity contribution in [2.24, 2.45) is 5.92 Å². The lowest BCUT2D eigenvalue weighted by Gasteiger charge is -2.10. The SMILES string of the molecule is CC(NC(=O)O)c1ccc2nc(-c3ccc(Oc4cccc(OCC5CC5)c4)nc3)oc2c1. The number of amides is 1. The van der Waals surface area contributed by atoms with Gasteiger partial charge < -0.3 is 24.3 Å². The summed E-state index contributed by atoms with van der Waals surface area (Å²) < 4.78 is 17.6. The number of hydrogen-bond acceptors (Lipinski definition) is 6. The third kappa shape index (κ3) is 5.06. The van der Waals surface area contributed by atoms with Crippen molar-refractivity contribution in [2.45, 2.75) is 25.8 Å². The number of oxazole rings is 1. The molecule has 0 aliphatic heterocycles. The van der Waals surface area contributed by atoms with Gasteiger partial charge in [-0.1, -0.05) is 12.1 Å². The second kappa shape index (κ2) is 8.82. The number of fused-ring (bicyclic) bond motifs is 1. The van der Waals surface area contributed by atoms with Crippen molar-refractivity contribution in [1.29, 1.82) is 0 Å². The van der Waals surface area contributed by atoms with Crippen LogP contribution in [0.2, 0.25) is 0 Å². The molecule has 2 N–H and O–H groups in total. The predicted molar refractivity (Wildman–Crippen MR) is 122 cm³/mol. The summed E-state index contributed by atoms with van der Waals surface area (Å²) >= 11 is 0. The van der Waals surface area contributed by atoms with Crippen LogP contribution in [0.4, 0.5) is 4.79 Å². The number of carbonyl (C=O) groups is 1. The summed E-state index contributed by atoms with van der Waals surface area (Å²) in [5.41, 5.74) is 2.75. The second-order valence-corrected chi connectivity index (χ2v) is 8.13. The minimum atomic E-state index is -1.08. The van der Waals surface area contributed by atoms with Crippen LogP contribution in [0.3, 0.4) is 0 Å². The Balaban J connectivity index is 1.29. The summed E-state index contributed by atoms with van der Waals surface area (Å²) in [6.07, 6.45) is 3.05. The van der Waals surface area contributed by atoms with Crippen LogP contribution in [0.1, 0.15) is 31.4 Å². The fraction of sp³-hybridized carbons (Fsp3) is 0.240. The Morgan fingerprint density at radius 3 is 2.79 bits per heavy atom. The molecule has 4 aromatic rings. The molecule has 1 amide bonds. The average molecular weight is 445 g/mol. The zero-order chi connectivity index (χ0) is 22.8. The number of hydrogen-bond donors (Lipinski definition) is 2. The summed E-state index contributed by atoms with van der Waals surface area (Å²) in [6, 6.07) is 16.2. The van der Waals surface area contributed by atoms with Gasteiger partial charge in [0, 0.05) is 18.3 Å². The molecule has 0 bridgehead atoms. The van der Waals surface area contributed by atoms with Crippen LogP contribution in [0.5, 0.6) is 17.4 Å². The van der Waals surface area contributed by atoms with Gasteiger partial charge in [0.25, 0.3) is 0 Å². The zero-order valence-electron chi connectivity index (χ0n) is 18.0. The molecule has 5 rings (SSSR count). The second-order valence-electron chi connectivity index (χ2n) is 8.13. The summed E-state index contributed by atoms with van der Waals surface area (Å²) in [5, 5.41) is 11.3. The summed E-state index contributed by atoms with van der Waals surface area (Å²) in [5.74, 6) is 3.00. The first-order chi connectivity index (χ1) is 16.0. The van der Waals surface area contributed by atoms with E-state index in [1.807, 2.05) is 36.4 Å². The van der Waals surface area contributed by atoms with Crippen molar-refractivity contribution in [3.8, 4) is 28.8 Å². The van der Waals surface area contributed by atoms with Crippen molar-refractivity contribution >= 4 is 17.2 Å². The van der Waals surface area contributed by atoms with Crippen molar-refractivity contribution in [1.82, 2.24) is 15.3 Å². The van der Waals surface area contributed by atoms with E-state index in [-0.39, 0.29) is 6.04 Å². The molecule has 8 nitrogen and oxygen atoms in total. The topological polar surface area (TPSA) is 107 Å². The van der Waals surface area contributed by atoms with E-state index in [1.54, 1.807) is 31.3 Å². The molecule has 8 heteroatoms. The molecule has 1 saturated carbocycles. The van der Waals surface area contributed by atoms with Gasteiger partial charge in [-0.15, -0.1) is 0 Å². The standard InChI is InChI=1S/C25H23N3O5/c1-15(27-25(29)30)17-7-9-21-22(11-17)33-24(28-21)18-8-10-23(26-13-18)32-20-4-2-3-19(12-20)31-14-16-5-6-16/h2-4,7-13,15-16,27H,5-6,14H2,1H3,(H,29,30). The first-order valence-electron chi connectivity index (χ1n) is 10.8. The summed E-state index contributed by atoms with van der Waals surface area (Å²) in [6.45, 7) is 2.52. The van der Waals surface area contributed by atoms with Gasteiger partial charge in [-0.2, -0.15) is 0 Å². The van der Waals surface area contributed by atoms with Gasteiger partial charge in [0.2, 0.25) is 11.8 Å².